The van der Waals surface area contributed by atoms with E-state index in [0.717, 1.165) is 41.8 Å². The predicted octanol–water partition coefficient (Wildman–Crippen LogP) is 6.10. The molecule has 2 aromatic rings. The lowest BCUT2D eigenvalue weighted by Gasteiger charge is -2.29. The number of nitriles is 1. The minimum Gasteiger partial charge on any atom is -0.481 e. The molecule has 47 heavy (non-hydrogen) atoms. The molecule has 0 aliphatic rings. The number of carbonyl (C=O) groups is 1. The molecule has 0 saturated heterocycles. The first kappa shape index (κ1) is 39.7. The summed E-state index contributed by atoms with van der Waals surface area (Å²) in [4.78, 5) is 17.2. The van der Waals surface area contributed by atoms with E-state index in [4.69, 9.17) is 25.9 Å². The summed E-state index contributed by atoms with van der Waals surface area (Å²) in [6.07, 6.45) is 1.28. The Morgan fingerprint density at radius 1 is 0.957 bits per heavy atom. The van der Waals surface area contributed by atoms with Crippen molar-refractivity contribution in [3.05, 3.63) is 45.6 Å². The van der Waals surface area contributed by atoms with Crippen LogP contribution in [0.15, 0.2) is 28.4 Å². The maximum Gasteiger partial charge on any atom is 0.309 e. The standard InChI is InChI=1S/C34H52N7O5S/c1-9-15-40(5,6)17-22-46-24-23-45-20-14-39(13-19-44-21-18-41(7,8)16-12-32(42)43)29-10-11-30(27(2)25-29)37-38-34-33(36-4)28(3)31(26-35)47-34/h10-11,25H,9,12-24H2,1-3,5-8H3/q+1/p+1/b38-37+. The molecule has 0 spiro atoms. The minimum absolute atomic E-state index is 0.130. The van der Waals surface area contributed by atoms with Crippen LogP contribution in [0.1, 0.15) is 35.8 Å². The highest BCUT2D eigenvalue weighted by Crippen LogP contribution is 2.42. The lowest BCUT2D eigenvalue weighted by molar-refractivity contribution is -0.890. The van der Waals surface area contributed by atoms with E-state index in [-0.39, 0.29) is 6.42 Å². The van der Waals surface area contributed by atoms with Crippen LogP contribution < -0.4 is 4.90 Å². The molecule has 1 aromatic carbocycles. The van der Waals surface area contributed by atoms with E-state index in [0.29, 0.717) is 90.6 Å². The molecule has 1 N–H and O–H groups in total. The van der Waals surface area contributed by atoms with Gasteiger partial charge in [-0.15, -0.1) is 11.3 Å². The van der Waals surface area contributed by atoms with Crippen molar-refractivity contribution in [2.45, 2.75) is 33.6 Å². The largest absolute Gasteiger partial charge is 0.481 e. The number of carboxylic acids is 1. The van der Waals surface area contributed by atoms with Gasteiger partial charge < -0.3 is 33.2 Å². The number of quaternary nitrogens is 2. The average molecular weight is 672 g/mol. The number of likely N-dealkylation sites (N-methyl/N-ethyl adjacent to an activating group) is 2. The topological polar surface area (TPSA) is 121 Å². The summed E-state index contributed by atoms with van der Waals surface area (Å²) in [6, 6.07) is 8.07. The number of nitrogens with zero attached hydrogens (tertiary/aromatic N) is 7. The first-order valence-electron chi connectivity index (χ1n) is 16.1. The van der Waals surface area contributed by atoms with Crippen LogP contribution in [0.5, 0.6) is 0 Å². The Morgan fingerprint density at radius 3 is 2.11 bits per heavy atom. The number of aliphatic carboxylic acids is 1. The summed E-state index contributed by atoms with van der Waals surface area (Å²) in [5.74, 6) is -0.789. The van der Waals surface area contributed by atoms with Gasteiger partial charge in [-0.2, -0.15) is 15.5 Å². The number of hydrogen-bond acceptors (Lipinski definition) is 9. The van der Waals surface area contributed by atoms with E-state index in [9.17, 15) is 10.1 Å². The molecule has 0 radical (unpaired) electrons. The van der Waals surface area contributed by atoms with Gasteiger partial charge in [-0.25, -0.2) is 4.85 Å². The van der Waals surface area contributed by atoms with Gasteiger partial charge in [0, 0.05) is 18.8 Å². The first-order chi connectivity index (χ1) is 22.3. The lowest BCUT2D eigenvalue weighted by atomic mass is 10.1. The molecule has 1 aromatic heterocycles. The van der Waals surface area contributed by atoms with Gasteiger partial charge in [-0.3, -0.25) is 4.79 Å². The van der Waals surface area contributed by atoms with Gasteiger partial charge >= 0.3 is 5.97 Å². The van der Waals surface area contributed by atoms with E-state index in [1.165, 1.54) is 11.3 Å². The van der Waals surface area contributed by atoms with E-state index >= 15 is 0 Å². The zero-order valence-electron chi connectivity index (χ0n) is 29.3. The second-order valence-corrected chi connectivity index (χ2v) is 13.8. The quantitative estimate of drug-likeness (QED) is 0.0656. The Hall–Kier alpha value is -3.43. The van der Waals surface area contributed by atoms with Crippen molar-refractivity contribution in [3.63, 3.8) is 0 Å². The van der Waals surface area contributed by atoms with Crippen molar-refractivity contribution in [2.24, 2.45) is 10.2 Å². The average Bonchev–Trinajstić information content (AvgIpc) is 3.33. The van der Waals surface area contributed by atoms with Gasteiger partial charge in [0.2, 0.25) is 5.69 Å². The monoisotopic (exact) mass is 671 g/mol. The van der Waals surface area contributed by atoms with Crippen LogP contribution in [-0.4, -0.2) is 127 Å². The minimum atomic E-state index is -0.789. The summed E-state index contributed by atoms with van der Waals surface area (Å²) in [5, 5.41) is 27.5. The van der Waals surface area contributed by atoms with E-state index in [1.54, 1.807) is 6.92 Å². The molecule has 0 saturated carbocycles. The van der Waals surface area contributed by atoms with Crippen molar-refractivity contribution in [1.82, 2.24) is 0 Å². The highest BCUT2D eigenvalue weighted by Gasteiger charge is 2.18. The molecule has 0 aliphatic carbocycles. The molecule has 0 fully saturated rings. The Kier molecular flexibility index (Phi) is 17.0. The molecular weight excluding hydrogens is 618 g/mol. The second kappa shape index (κ2) is 20.1. The Labute approximate surface area is 284 Å². The van der Waals surface area contributed by atoms with Gasteiger partial charge in [0.15, 0.2) is 0 Å². The summed E-state index contributed by atoms with van der Waals surface area (Å²) in [5.41, 5.74) is 3.61. The maximum atomic E-state index is 11.0. The van der Waals surface area contributed by atoms with Crippen LogP contribution in [0, 0.1) is 31.8 Å². The van der Waals surface area contributed by atoms with Crippen LogP contribution in [0.25, 0.3) is 4.85 Å². The molecule has 1 heterocycles. The zero-order valence-corrected chi connectivity index (χ0v) is 30.1. The van der Waals surface area contributed by atoms with Gasteiger partial charge in [-0.1, -0.05) is 6.92 Å². The fourth-order valence-electron chi connectivity index (χ4n) is 4.84. The molecule has 0 atom stereocenters. The number of anilines is 1. The lowest BCUT2D eigenvalue weighted by Crippen LogP contribution is -2.44. The third-order valence-electron chi connectivity index (χ3n) is 7.93. The van der Waals surface area contributed by atoms with E-state index in [2.05, 4.69) is 53.1 Å². The second-order valence-electron chi connectivity index (χ2n) is 12.8. The SMILES string of the molecule is [C-]#[N+]c1c(/N=N/c2ccc(N(CCOCCOCC[N+](C)(C)CCC)CCOCC[N+](C)(C)CCC(=O)O)cc2C)sc(C#N)c1C. The third kappa shape index (κ3) is 14.5. The summed E-state index contributed by atoms with van der Waals surface area (Å²) in [7, 11) is 8.47. The van der Waals surface area contributed by atoms with E-state index < -0.39 is 5.97 Å². The maximum absolute atomic E-state index is 11.0. The first-order valence-corrected chi connectivity index (χ1v) is 16.9. The number of thiophene rings is 1. The Bertz CT molecular complexity index is 1390. The van der Waals surface area contributed by atoms with Crippen LogP contribution in [0.3, 0.4) is 0 Å². The molecule has 0 bridgehead atoms. The van der Waals surface area contributed by atoms with Crippen LogP contribution in [-0.2, 0) is 19.0 Å². The number of hydrogen-bond donors (Lipinski definition) is 1. The Balaban J connectivity index is 2.01. The van der Waals surface area contributed by atoms with Gasteiger partial charge in [0.05, 0.1) is 104 Å². The van der Waals surface area contributed by atoms with Crippen LogP contribution >= 0.6 is 11.3 Å². The number of rotatable bonds is 23. The molecule has 12 nitrogen and oxygen atoms in total. The summed E-state index contributed by atoms with van der Waals surface area (Å²) in [6.45, 7) is 21.4. The van der Waals surface area contributed by atoms with Gasteiger partial charge in [0.25, 0.3) is 0 Å². The molecular formula is C34H53N7O5S+2. The molecule has 258 valence electrons. The fraction of sp³-hybridized carbons (Fsp3) is 0.618. The molecule has 0 aliphatic heterocycles. The number of ether oxygens (including phenoxy) is 3. The third-order valence-corrected chi connectivity index (χ3v) is 9.00. The number of azo groups is 1. The van der Waals surface area contributed by atoms with Crippen LogP contribution in [0.2, 0.25) is 0 Å². The molecule has 0 amide bonds. The zero-order chi connectivity index (χ0) is 34.9. The smallest absolute Gasteiger partial charge is 0.309 e. The molecule has 0 unspecified atom stereocenters. The van der Waals surface area contributed by atoms with E-state index in [1.807, 2.05) is 33.2 Å². The number of carboxylic acid groups (broad SMARTS) is 1. The number of benzene rings is 1. The highest BCUT2D eigenvalue weighted by molar-refractivity contribution is 7.17. The number of aryl methyl sites for hydroxylation is 1. The molecule has 2 rings (SSSR count). The van der Waals surface area contributed by atoms with Crippen molar-refractivity contribution < 1.29 is 33.1 Å². The van der Waals surface area contributed by atoms with Gasteiger partial charge in [0.1, 0.15) is 24.2 Å². The predicted molar refractivity (Wildman–Crippen MR) is 186 cm³/mol. The Morgan fingerprint density at radius 2 is 1.55 bits per heavy atom. The van der Waals surface area contributed by atoms with Crippen molar-refractivity contribution in [1.29, 1.82) is 5.26 Å². The van der Waals surface area contributed by atoms with Crippen molar-refractivity contribution in [3.8, 4) is 6.07 Å². The van der Waals surface area contributed by atoms with Crippen molar-refractivity contribution in [2.75, 3.05) is 112 Å². The summed E-state index contributed by atoms with van der Waals surface area (Å²) >= 11 is 1.17. The normalized spacial score (nSPS) is 11.9. The summed E-state index contributed by atoms with van der Waals surface area (Å²) < 4.78 is 19.2. The highest BCUT2D eigenvalue weighted by atomic mass is 32.1. The van der Waals surface area contributed by atoms with Gasteiger partial charge in [-0.05, 0) is 49.6 Å². The van der Waals surface area contributed by atoms with Crippen LogP contribution in [0.4, 0.5) is 22.1 Å². The molecule has 13 heteroatoms. The fourth-order valence-corrected chi connectivity index (χ4v) is 5.70. The van der Waals surface area contributed by atoms with Crippen molar-refractivity contribution >= 4 is 39.4 Å².